The normalized spacial score (nSPS) is 25.2. The Labute approximate surface area is 196 Å². The SMILES string of the molecule is CN(c1cnc(-c2ccc(-c3cnc4c(c3)OCO4)cc2O)nn1)[C@@H]1C[C@H]2CCC[C@H](C2)[C@@H]1F. The molecule has 0 amide bonds. The van der Waals surface area contributed by atoms with Crippen LogP contribution in [0.15, 0.2) is 36.7 Å². The number of fused-ring (bicyclic) bond motifs is 3. The van der Waals surface area contributed by atoms with Crippen molar-refractivity contribution in [3.63, 3.8) is 0 Å². The number of rotatable bonds is 4. The number of alkyl halides is 1. The summed E-state index contributed by atoms with van der Waals surface area (Å²) in [6.45, 7) is 0.152. The van der Waals surface area contributed by atoms with Gasteiger partial charge in [0.25, 0.3) is 5.88 Å². The molecule has 8 nitrogen and oxygen atoms in total. The smallest absolute Gasteiger partial charge is 0.260 e. The lowest BCUT2D eigenvalue weighted by atomic mass is 9.69. The largest absolute Gasteiger partial charge is 0.507 e. The molecule has 2 fully saturated rings. The molecule has 6 rings (SSSR count). The molecule has 4 atom stereocenters. The Hall–Kier alpha value is -3.49. The Kier molecular flexibility index (Phi) is 5.19. The highest BCUT2D eigenvalue weighted by Crippen LogP contribution is 2.43. The van der Waals surface area contributed by atoms with E-state index in [1.54, 1.807) is 24.5 Å². The minimum absolute atomic E-state index is 0.0296. The van der Waals surface area contributed by atoms with Crippen LogP contribution in [-0.4, -0.2) is 51.3 Å². The van der Waals surface area contributed by atoms with E-state index in [1.807, 2.05) is 24.1 Å². The fourth-order valence-electron chi connectivity index (χ4n) is 5.57. The van der Waals surface area contributed by atoms with Crippen LogP contribution in [0.25, 0.3) is 22.5 Å². The average molecular weight is 464 g/mol. The van der Waals surface area contributed by atoms with Gasteiger partial charge in [-0.1, -0.05) is 18.9 Å². The summed E-state index contributed by atoms with van der Waals surface area (Å²) in [6.07, 6.45) is 7.56. The summed E-state index contributed by atoms with van der Waals surface area (Å²) in [5.74, 6) is 2.66. The van der Waals surface area contributed by atoms with Crippen LogP contribution in [0.2, 0.25) is 0 Å². The minimum atomic E-state index is -0.856. The van der Waals surface area contributed by atoms with Crippen molar-refractivity contribution in [2.45, 2.75) is 44.3 Å². The van der Waals surface area contributed by atoms with Gasteiger partial charge in [-0.05, 0) is 54.9 Å². The standard InChI is InChI=1S/C25H26FN5O3/c1-31(19-8-14-3-2-4-16(7-14)23(19)26)22-12-27-24(30-29-22)18-6-5-15(9-20(18)32)17-10-21-25(28-11-17)34-13-33-21/h5-6,9-12,14,16,19,23,32H,2-4,7-8,13H2,1H3/t14-,16+,19+,23-/m0/s1. The number of halogens is 1. The summed E-state index contributed by atoms with van der Waals surface area (Å²) in [7, 11) is 1.87. The Morgan fingerprint density at radius 3 is 2.76 bits per heavy atom. The fraction of sp³-hybridized carbons (Fsp3) is 0.440. The highest BCUT2D eigenvalue weighted by atomic mass is 19.1. The molecule has 2 bridgehead atoms. The first-order valence-corrected chi connectivity index (χ1v) is 11.7. The molecule has 1 aromatic carbocycles. The van der Waals surface area contributed by atoms with E-state index in [9.17, 15) is 5.11 Å². The molecule has 176 valence electrons. The molecular weight excluding hydrogens is 437 g/mol. The number of hydrogen-bond acceptors (Lipinski definition) is 8. The van der Waals surface area contributed by atoms with E-state index >= 15 is 4.39 Å². The van der Waals surface area contributed by atoms with E-state index < -0.39 is 6.17 Å². The lowest BCUT2D eigenvalue weighted by molar-refractivity contribution is 0.0656. The third-order valence-corrected chi connectivity index (χ3v) is 7.42. The Balaban J connectivity index is 1.21. The Bertz CT molecular complexity index is 1210. The molecule has 3 aromatic rings. The summed E-state index contributed by atoms with van der Waals surface area (Å²) in [6, 6.07) is 6.85. The number of pyridine rings is 1. The summed E-state index contributed by atoms with van der Waals surface area (Å²) < 4.78 is 25.8. The first-order chi connectivity index (χ1) is 16.6. The van der Waals surface area contributed by atoms with Gasteiger partial charge in [-0.2, -0.15) is 0 Å². The maximum atomic E-state index is 15.1. The summed E-state index contributed by atoms with van der Waals surface area (Å²) in [5.41, 5.74) is 2.03. The fourth-order valence-corrected chi connectivity index (χ4v) is 5.57. The Morgan fingerprint density at radius 1 is 1.03 bits per heavy atom. The molecule has 0 unspecified atom stereocenters. The van der Waals surface area contributed by atoms with Crippen molar-refractivity contribution in [3.8, 4) is 39.9 Å². The van der Waals surface area contributed by atoms with Crippen molar-refractivity contribution in [3.05, 3.63) is 36.7 Å². The number of ether oxygens (including phenoxy) is 2. The van der Waals surface area contributed by atoms with Gasteiger partial charge in [-0.15, -0.1) is 10.2 Å². The van der Waals surface area contributed by atoms with Crippen LogP contribution in [0.4, 0.5) is 10.2 Å². The van der Waals surface area contributed by atoms with Crippen LogP contribution < -0.4 is 14.4 Å². The molecule has 0 saturated heterocycles. The van der Waals surface area contributed by atoms with Crippen LogP contribution >= 0.6 is 0 Å². The van der Waals surface area contributed by atoms with Gasteiger partial charge < -0.3 is 19.5 Å². The van der Waals surface area contributed by atoms with Crippen molar-refractivity contribution in [2.75, 3.05) is 18.7 Å². The zero-order valence-corrected chi connectivity index (χ0v) is 18.9. The number of phenolic OH excluding ortho intramolecular Hbond substituents is 1. The number of aromatic hydroxyl groups is 1. The number of anilines is 1. The monoisotopic (exact) mass is 463 g/mol. The van der Waals surface area contributed by atoms with Gasteiger partial charge in [0.05, 0.1) is 17.8 Å². The van der Waals surface area contributed by atoms with Gasteiger partial charge in [-0.3, -0.25) is 0 Å². The van der Waals surface area contributed by atoms with Gasteiger partial charge in [-0.25, -0.2) is 14.4 Å². The molecule has 2 saturated carbocycles. The molecule has 1 N–H and O–H groups in total. The van der Waals surface area contributed by atoms with Crippen molar-refractivity contribution in [1.29, 1.82) is 0 Å². The maximum absolute atomic E-state index is 15.1. The molecule has 34 heavy (non-hydrogen) atoms. The maximum Gasteiger partial charge on any atom is 0.260 e. The van der Waals surface area contributed by atoms with Gasteiger partial charge >= 0.3 is 0 Å². The van der Waals surface area contributed by atoms with Crippen molar-refractivity contribution < 1.29 is 19.0 Å². The number of hydrogen-bond donors (Lipinski definition) is 1. The molecule has 3 heterocycles. The second-order valence-electron chi connectivity index (χ2n) is 9.46. The molecule has 9 heteroatoms. The topological polar surface area (TPSA) is 93.5 Å². The highest BCUT2D eigenvalue weighted by Gasteiger charge is 2.42. The van der Waals surface area contributed by atoms with Crippen LogP contribution in [0, 0.1) is 11.8 Å². The zero-order valence-electron chi connectivity index (χ0n) is 18.9. The third kappa shape index (κ3) is 3.69. The molecule has 0 spiro atoms. The average Bonchev–Trinajstić information content (AvgIpc) is 3.34. The molecule has 2 aromatic heterocycles. The van der Waals surface area contributed by atoms with Crippen molar-refractivity contribution in [2.24, 2.45) is 11.8 Å². The quantitative estimate of drug-likeness (QED) is 0.609. The highest BCUT2D eigenvalue weighted by molar-refractivity contribution is 5.73. The summed E-state index contributed by atoms with van der Waals surface area (Å²) in [4.78, 5) is 10.5. The first kappa shape index (κ1) is 21.1. The van der Waals surface area contributed by atoms with Crippen LogP contribution in [0.3, 0.4) is 0 Å². The van der Waals surface area contributed by atoms with Crippen LogP contribution in [0.1, 0.15) is 32.1 Å². The summed E-state index contributed by atoms with van der Waals surface area (Å²) >= 11 is 0. The van der Waals surface area contributed by atoms with E-state index in [0.29, 0.717) is 34.8 Å². The Morgan fingerprint density at radius 2 is 1.94 bits per heavy atom. The van der Waals surface area contributed by atoms with Gasteiger partial charge in [0.15, 0.2) is 17.4 Å². The van der Waals surface area contributed by atoms with E-state index in [0.717, 1.165) is 36.8 Å². The van der Waals surface area contributed by atoms with Gasteiger partial charge in [0.2, 0.25) is 6.79 Å². The van der Waals surface area contributed by atoms with Crippen molar-refractivity contribution in [1.82, 2.24) is 20.2 Å². The van der Waals surface area contributed by atoms with E-state index in [1.165, 1.54) is 6.42 Å². The second-order valence-corrected chi connectivity index (χ2v) is 9.46. The molecule has 2 aliphatic carbocycles. The zero-order chi connectivity index (χ0) is 23.2. The van der Waals surface area contributed by atoms with Crippen LogP contribution in [0.5, 0.6) is 17.4 Å². The number of nitrogens with zero attached hydrogens (tertiary/aromatic N) is 5. The number of aromatic nitrogens is 4. The molecule has 1 aliphatic heterocycles. The van der Waals surface area contributed by atoms with E-state index in [4.69, 9.17) is 9.47 Å². The van der Waals surface area contributed by atoms with E-state index in [2.05, 4.69) is 20.2 Å². The lowest BCUT2D eigenvalue weighted by Crippen LogP contribution is -2.49. The first-order valence-electron chi connectivity index (χ1n) is 11.7. The van der Waals surface area contributed by atoms with Gasteiger partial charge in [0, 0.05) is 18.8 Å². The van der Waals surface area contributed by atoms with Gasteiger partial charge in [0.1, 0.15) is 11.9 Å². The predicted octanol–water partition coefficient (Wildman–Crippen LogP) is 4.39. The predicted molar refractivity (Wildman–Crippen MR) is 123 cm³/mol. The van der Waals surface area contributed by atoms with Crippen LogP contribution in [-0.2, 0) is 0 Å². The second kappa shape index (κ2) is 8.38. The third-order valence-electron chi connectivity index (χ3n) is 7.42. The molecule has 3 aliphatic rings. The minimum Gasteiger partial charge on any atom is -0.507 e. The van der Waals surface area contributed by atoms with E-state index in [-0.39, 0.29) is 24.5 Å². The molecular formula is C25H26FN5O3. The number of benzene rings is 1. The van der Waals surface area contributed by atoms with Crippen molar-refractivity contribution >= 4 is 5.82 Å². The summed E-state index contributed by atoms with van der Waals surface area (Å²) in [5, 5.41) is 19.2. The number of phenols is 1. The molecule has 0 radical (unpaired) electrons. The lowest BCUT2D eigenvalue weighted by Gasteiger charge is -2.45.